The Morgan fingerprint density at radius 1 is 1.02 bits per heavy atom. The molecule has 0 radical (unpaired) electrons. The maximum Gasteiger partial charge on any atom is 0.389 e. The average molecular weight is 570 g/mol. The Morgan fingerprint density at radius 3 is 2.25 bits per heavy atom. The number of carbonyl (C=O) groups is 3. The van der Waals surface area contributed by atoms with Crippen LogP contribution in [-0.2, 0) is 14.4 Å². The molecular weight excluding hydrogens is 541 g/mol. The topological polar surface area (TPSA) is 117 Å². The lowest BCUT2D eigenvalue weighted by Crippen LogP contribution is -2.47. The molecule has 3 N–H and O–H groups in total. The molecule has 3 unspecified atom stereocenters. The molecular formula is C27H28F5N3O5. The van der Waals surface area contributed by atoms with Crippen molar-refractivity contribution in [2.75, 3.05) is 12.4 Å². The molecule has 0 aromatic heterocycles. The lowest BCUT2D eigenvalue weighted by atomic mass is 9.83. The van der Waals surface area contributed by atoms with Gasteiger partial charge in [-0.15, -0.1) is 0 Å². The van der Waals surface area contributed by atoms with E-state index in [2.05, 4.69) is 15.6 Å². The maximum atomic E-state index is 13.5. The number of carbonyl (C=O) groups excluding carboxylic acids is 2. The van der Waals surface area contributed by atoms with Crippen molar-refractivity contribution < 1.29 is 46.2 Å². The number of ether oxygens (including phenoxy) is 1. The van der Waals surface area contributed by atoms with Crippen molar-refractivity contribution in [1.82, 2.24) is 5.32 Å². The maximum absolute atomic E-state index is 13.5. The third-order valence-corrected chi connectivity index (χ3v) is 6.36. The standard InChI is InChI=1S/C27H28F5N3O5/c1-26(28,29)13-11-17(25(38)39)16(12-14-27(30,31)32)23(36)35-22-24(37)34-21-18(9-6-10-19(21)40-2)20(33-22)15-7-4-3-5-8-15/h3-10,16-17,22H,11-14H2,1-2H3,(H,34,37)(H,35,36)(H,38,39). The number of nitrogens with one attached hydrogen (secondary N) is 2. The monoisotopic (exact) mass is 569 g/mol. The van der Waals surface area contributed by atoms with E-state index in [9.17, 15) is 41.4 Å². The zero-order valence-electron chi connectivity index (χ0n) is 21.6. The van der Waals surface area contributed by atoms with Crippen LogP contribution >= 0.6 is 0 Å². The molecule has 0 aliphatic carbocycles. The van der Waals surface area contributed by atoms with Crippen molar-refractivity contribution in [3.05, 3.63) is 59.7 Å². The van der Waals surface area contributed by atoms with Gasteiger partial charge in [0.05, 0.1) is 30.3 Å². The molecule has 216 valence electrons. The molecule has 1 heterocycles. The van der Waals surface area contributed by atoms with Crippen molar-refractivity contribution in [3.63, 3.8) is 0 Å². The fraction of sp³-hybridized carbons (Fsp3) is 0.407. The van der Waals surface area contributed by atoms with E-state index < -0.39 is 73.6 Å². The molecule has 2 amide bonds. The van der Waals surface area contributed by atoms with Gasteiger partial charge in [0.15, 0.2) is 0 Å². The molecule has 8 nitrogen and oxygen atoms in total. The largest absolute Gasteiger partial charge is 0.495 e. The van der Waals surface area contributed by atoms with E-state index in [1.165, 1.54) is 7.11 Å². The molecule has 13 heteroatoms. The van der Waals surface area contributed by atoms with Crippen molar-refractivity contribution >= 4 is 29.2 Å². The predicted octanol–water partition coefficient (Wildman–Crippen LogP) is 5.02. The van der Waals surface area contributed by atoms with Crippen LogP contribution in [0.4, 0.5) is 27.6 Å². The van der Waals surface area contributed by atoms with Gasteiger partial charge in [-0.05, 0) is 25.8 Å². The molecule has 2 aromatic rings. The fourth-order valence-electron chi connectivity index (χ4n) is 4.38. The summed E-state index contributed by atoms with van der Waals surface area (Å²) >= 11 is 0. The summed E-state index contributed by atoms with van der Waals surface area (Å²) in [7, 11) is 1.38. The fourth-order valence-corrected chi connectivity index (χ4v) is 4.38. The second kappa shape index (κ2) is 12.4. The van der Waals surface area contributed by atoms with Gasteiger partial charge < -0.3 is 20.5 Å². The number of methoxy groups -OCH3 is 1. The Balaban J connectivity index is 2.01. The normalized spacial score (nSPS) is 17.0. The van der Waals surface area contributed by atoms with Crippen LogP contribution in [0.15, 0.2) is 53.5 Å². The van der Waals surface area contributed by atoms with Crippen molar-refractivity contribution in [2.24, 2.45) is 16.8 Å². The van der Waals surface area contributed by atoms with Crippen LogP contribution in [0.25, 0.3) is 0 Å². The SMILES string of the molecule is COc1cccc2c1NC(=O)C(NC(=O)C(CCC(F)(F)F)C(CCC(C)(F)F)C(=O)O)N=C2c1ccccc1. The quantitative estimate of drug-likeness (QED) is 0.329. The molecule has 2 aromatic carbocycles. The van der Waals surface area contributed by atoms with Gasteiger partial charge in [0.1, 0.15) is 5.75 Å². The van der Waals surface area contributed by atoms with E-state index in [1.807, 2.05) is 0 Å². The number of benzodiazepines with no additional fused rings is 1. The molecule has 0 bridgehead atoms. The summed E-state index contributed by atoms with van der Waals surface area (Å²) in [4.78, 5) is 42.8. The summed E-state index contributed by atoms with van der Waals surface area (Å²) in [6.45, 7) is 0.540. The van der Waals surface area contributed by atoms with Crippen molar-refractivity contribution in [3.8, 4) is 5.75 Å². The first kappa shape index (κ1) is 30.5. The summed E-state index contributed by atoms with van der Waals surface area (Å²) in [5, 5.41) is 14.5. The number of carboxylic acids is 1. The molecule has 1 aliphatic heterocycles. The van der Waals surface area contributed by atoms with E-state index >= 15 is 0 Å². The van der Waals surface area contributed by atoms with Gasteiger partial charge in [0.25, 0.3) is 5.91 Å². The third-order valence-electron chi connectivity index (χ3n) is 6.36. The van der Waals surface area contributed by atoms with Gasteiger partial charge in [0.2, 0.25) is 18.0 Å². The zero-order valence-corrected chi connectivity index (χ0v) is 21.6. The number of amides is 2. The minimum absolute atomic E-state index is 0.233. The van der Waals surface area contributed by atoms with Crippen LogP contribution in [0, 0.1) is 11.8 Å². The highest BCUT2D eigenvalue weighted by atomic mass is 19.4. The van der Waals surface area contributed by atoms with E-state index in [1.54, 1.807) is 48.5 Å². The highest BCUT2D eigenvalue weighted by Crippen LogP contribution is 2.34. The number of halogens is 5. The molecule has 3 rings (SSSR count). The van der Waals surface area contributed by atoms with Gasteiger partial charge in [-0.3, -0.25) is 14.4 Å². The minimum atomic E-state index is -4.74. The molecule has 0 saturated carbocycles. The number of alkyl halides is 5. The van der Waals surface area contributed by atoms with Gasteiger partial charge in [-0.2, -0.15) is 13.2 Å². The van der Waals surface area contributed by atoms with Crippen LogP contribution in [0.3, 0.4) is 0 Å². The molecule has 0 saturated heterocycles. The Bertz CT molecular complexity index is 1260. The van der Waals surface area contributed by atoms with Crippen molar-refractivity contribution in [2.45, 2.75) is 50.9 Å². The van der Waals surface area contributed by atoms with Crippen molar-refractivity contribution in [1.29, 1.82) is 0 Å². The first-order valence-corrected chi connectivity index (χ1v) is 12.3. The predicted molar refractivity (Wildman–Crippen MR) is 135 cm³/mol. The van der Waals surface area contributed by atoms with Crippen LogP contribution in [0.2, 0.25) is 0 Å². The molecule has 3 atom stereocenters. The lowest BCUT2D eigenvalue weighted by Gasteiger charge is -2.26. The van der Waals surface area contributed by atoms with Gasteiger partial charge >= 0.3 is 12.1 Å². The Morgan fingerprint density at radius 2 is 1.68 bits per heavy atom. The second-order valence-corrected chi connectivity index (χ2v) is 9.44. The number of aliphatic carboxylic acids is 1. The molecule has 0 spiro atoms. The number of rotatable bonds is 11. The van der Waals surface area contributed by atoms with E-state index in [0.29, 0.717) is 18.1 Å². The summed E-state index contributed by atoms with van der Waals surface area (Å²) < 4.78 is 71.5. The molecule has 0 fully saturated rings. The smallest absolute Gasteiger partial charge is 0.389 e. The van der Waals surface area contributed by atoms with Crippen LogP contribution in [0.1, 0.15) is 43.7 Å². The van der Waals surface area contributed by atoms with Crippen LogP contribution in [-0.4, -0.2) is 54.0 Å². The number of benzene rings is 2. The Labute approximate surface area is 226 Å². The lowest BCUT2D eigenvalue weighted by molar-refractivity contribution is -0.154. The van der Waals surface area contributed by atoms with Gasteiger partial charge in [0, 0.05) is 24.0 Å². The number of anilines is 1. The van der Waals surface area contributed by atoms with E-state index in [4.69, 9.17) is 4.74 Å². The average Bonchev–Trinajstić information content (AvgIpc) is 3.01. The van der Waals surface area contributed by atoms with Gasteiger partial charge in [-0.25, -0.2) is 13.8 Å². The first-order chi connectivity index (χ1) is 18.7. The minimum Gasteiger partial charge on any atom is -0.495 e. The number of para-hydroxylation sites is 1. The number of fused-ring (bicyclic) bond motifs is 1. The van der Waals surface area contributed by atoms with Crippen LogP contribution in [0.5, 0.6) is 5.75 Å². The Kier molecular flexibility index (Phi) is 9.48. The summed E-state index contributed by atoms with van der Waals surface area (Å²) in [5.41, 5.74) is 1.44. The van der Waals surface area contributed by atoms with Gasteiger partial charge in [-0.1, -0.05) is 42.5 Å². The van der Waals surface area contributed by atoms with E-state index in [0.717, 1.165) is 0 Å². The van der Waals surface area contributed by atoms with Crippen LogP contribution < -0.4 is 15.4 Å². The Hall–Kier alpha value is -4.03. The number of aliphatic imine (C=N–C) groups is 1. The first-order valence-electron chi connectivity index (χ1n) is 12.3. The zero-order chi connectivity index (χ0) is 29.7. The summed E-state index contributed by atoms with van der Waals surface area (Å²) in [5.74, 6) is -10.6. The molecule has 1 aliphatic rings. The molecule has 40 heavy (non-hydrogen) atoms. The number of carboxylic acid groups (broad SMARTS) is 1. The summed E-state index contributed by atoms with van der Waals surface area (Å²) in [6, 6.07) is 13.4. The number of hydrogen-bond acceptors (Lipinski definition) is 5. The van der Waals surface area contributed by atoms with E-state index in [-0.39, 0.29) is 17.1 Å². The highest BCUT2D eigenvalue weighted by molar-refractivity contribution is 6.20. The second-order valence-electron chi connectivity index (χ2n) is 9.44. The third kappa shape index (κ3) is 7.99. The summed E-state index contributed by atoms with van der Waals surface area (Å²) in [6.07, 6.45) is -10.7. The number of nitrogens with zero attached hydrogens (tertiary/aromatic N) is 1. The number of hydrogen-bond donors (Lipinski definition) is 3. The highest BCUT2D eigenvalue weighted by Gasteiger charge is 2.40.